The molecule has 16 heteroatoms. The molecule has 0 fully saturated rings. The molecular formula is C26H18O16. The molecule has 0 bridgehead atoms. The van der Waals surface area contributed by atoms with Gasteiger partial charge in [-0.2, -0.15) is 0 Å². The van der Waals surface area contributed by atoms with Crippen LogP contribution in [0.3, 0.4) is 0 Å². The van der Waals surface area contributed by atoms with Gasteiger partial charge in [0.1, 0.15) is 22.6 Å². The van der Waals surface area contributed by atoms with E-state index in [0.717, 1.165) is 0 Å². The van der Waals surface area contributed by atoms with Gasteiger partial charge in [0.15, 0.2) is 57.5 Å². The molecular weight excluding hydrogens is 568 g/mol. The van der Waals surface area contributed by atoms with E-state index in [0.29, 0.717) is 36.4 Å². The maximum absolute atomic E-state index is 13.1. The molecule has 0 amide bonds. The van der Waals surface area contributed by atoms with E-state index >= 15 is 0 Å². The number of carbonyl (C=O) groups is 2. The summed E-state index contributed by atoms with van der Waals surface area (Å²) >= 11 is 0. The minimum absolute atomic E-state index is 0.516. The van der Waals surface area contributed by atoms with E-state index in [2.05, 4.69) is 0 Å². The molecule has 4 aromatic rings. The van der Waals surface area contributed by atoms with E-state index in [9.17, 15) is 70.9 Å². The summed E-state index contributed by atoms with van der Waals surface area (Å²) in [7, 11) is 0. The van der Waals surface area contributed by atoms with Gasteiger partial charge < -0.3 is 61.3 Å². The van der Waals surface area contributed by atoms with Crippen LogP contribution < -0.4 is 9.78 Å². The molecule has 218 valence electrons. The highest BCUT2D eigenvalue weighted by Gasteiger charge is 2.29. The fourth-order valence-corrected chi connectivity index (χ4v) is 3.69. The lowest BCUT2D eigenvalue weighted by atomic mass is 9.99. The third-order valence-corrected chi connectivity index (χ3v) is 5.78. The fraction of sp³-hybridized carbons (Fsp3) is 0. The van der Waals surface area contributed by atoms with Gasteiger partial charge in [0.25, 0.3) is 0 Å². The van der Waals surface area contributed by atoms with Crippen molar-refractivity contribution in [3.8, 4) is 80.5 Å². The van der Waals surface area contributed by atoms with Crippen LogP contribution in [0, 0.1) is 0 Å². The van der Waals surface area contributed by atoms with Crippen molar-refractivity contribution in [3.63, 3.8) is 0 Å². The first-order valence-electron chi connectivity index (χ1n) is 11.1. The quantitative estimate of drug-likeness (QED) is 0.0484. The summed E-state index contributed by atoms with van der Waals surface area (Å²) in [6.45, 7) is 0. The first-order valence-corrected chi connectivity index (χ1v) is 11.1. The molecule has 0 aliphatic carbocycles. The number of rotatable bonds is 7. The Morgan fingerprint density at radius 1 is 0.405 bits per heavy atom. The van der Waals surface area contributed by atoms with E-state index in [4.69, 9.17) is 9.78 Å². The second-order valence-corrected chi connectivity index (χ2v) is 8.47. The highest BCUT2D eigenvalue weighted by molar-refractivity contribution is 6.15. The second kappa shape index (κ2) is 10.2. The lowest BCUT2D eigenvalue weighted by Gasteiger charge is -2.15. The smallest absolute Gasteiger partial charge is 0.204 e. The number of phenolic OH excluding ortho intramolecular Hbond substituents is 12. The Bertz CT molecular complexity index is 1790. The van der Waals surface area contributed by atoms with Crippen molar-refractivity contribution in [1.82, 2.24) is 0 Å². The zero-order chi connectivity index (χ0) is 31.2. The summed E-state index contributed by atoms with van der Waals surface area (Å²) in [5.41, 5.74) is -3.52. The number of aromatic hydroxyl groups is 12. The predicted molar refractivity (Wildman–Crippen MR) is 134 cm³/mol. The van der Waals surface area contributed by atoms with Crippen molar-refractivity contribution in [2.45, 2.75) is 0 Å². The number of benzene rings is 4. The Hall–Kier alpha value is -6.58. The van der Waals surface area contributed by atoms with Crippen LogP contribution in [0.2, 0.25) is 0 Å². The van der Waals surface area contributed by atoms with Gasteiger partial charge in [-0.05, 0) is 6.07 Å². The molecule has 0 heterocycles. The maximum atomic E-state index is 13.1. The molecule has 0 saturated heterocycles. The van der Waals surface area contributed by atoms with E-state index < -0.39 is 114 Å². The van der Waals surface area contributed by atoms with Gasteiger partial charge >= 0.3 is 0 Å². The van der Waals surface area contributed by atoms with E-state index in [-0.39, 0.29) is 0 Å². The topological polar surface area (TPSA) is 295 Å². The average Bonchev–Trinajstić information content (AvgIpc) is 2.92. The number of carbonyl (C=O) groups excluding carboxylic acids is 2. The van der Waals surface area contributed by atoms with Gasteiger partial charge in [0, 0.05) is 30.3 Å². The molecule has 0 spiro atoms. The Kier molecular flexibility index (Phi) is 6.90. The lowest BCUT2D eigenvalue weighted by molar-refractivity contribution is -0.101. The third-order valence-electron chi connectivity index (χ3n) is 5.78. The molecule has 4 rings (SSSR count). The van der Waals surface area contributed by atoms with Crippen LogP contribution in [-0.4, -0.2) is 72.8 Å². The Balaban J connectivity index is 1.74. The molecule has 42 heavy (non-hydrogen) atoms. The van der Waals surface area contributed by atoms with Crippen LogP contribution in [0.25, 0.3) is 0 Å². The van der Waals surface area contributed by atoms with Crippen LogP contribution in [-0.2, 0) is 0 Å². The normalized spacial score (nSPS) is 10.8. The largest absolute Gasteiger partial charge is 0.507 e. The lowest BCUT2D eigenvalue weighted by Crippen LogP contribution is -2.09. The van der Waals surface area contributed by atoms with Crippen LogP contribution in [0.4, 0.5) is 0 Å². The summed E-state index contributed by atoms with van der Waals surface area (Å²) in [5.74, 6) is -16.8. The van der Waals surface area contributed by atoms with Gasteiger partial charge in [-0.1, -0.05) is 0 Å². The minimum atomic E-state index is -1.39. The molecule has 0 aliphatic heterocycles. The van der Waals surface area contributed by atoms with Crippen LogP contribution >= 0.6 is 0 Å². The zero-order valence-electron chi connectivity index (χ0n) is 20.5. The zero-order valence-corrected chi connectivity index (χ0v) is 20.5. The first kappa shape index (κ1) is 28.4. The van der Waals surface area contributed by atoms with E-state index in [1.807, 2.05) is 0 Å². The first-order chi connectivity index (χ1) is 19.6. The van der Waals surface area contributed by atoms with Crippen molar-refractivity contribution < 1.29 is 80.6 Å². The Morgan fingerprint density at radius 2 is 0.857 bits per heavy atom. The molecule has 0 aliphatic rings. The number of ketones is 2. The van der Waals surface area contributed by atoms with Crippen LogP contribution in [0.1, 0.15) is 31.8 Å². The number of hydrogen-bond acceptors (Lipinski definition) is 16. The fourth-order valence-electron chi connectivity index (χ4n) is 3.69. The number of phenols is 12. The highest BCUT2D eigenvalue weighted by Crippen LogP contribution is 2.47. The van der Waals surface area contributed by atoms with Crippen LogP contribution in [0.15, 0.2) is 36.4 Å². The molecule has 0 radical (unpaired) electrons. The SMILES string of the molecule is O=C(c1cc(O)c(O)cc1OOc1cc(O)c(O)c(C(=O)c2c(O)cc(O)c(O)c2O)c1)c1c(O)cc(O)c(O)c1O. The summed E-state index contributed by atoms with van der Waals surface area (Å²) in [6, 6.07) is 3.70. The van der Waals surface area contributed by atoms with Gasteiger partial charge in [-0.25, -0.2) is 0 Å². The van der Waals surface area contributed by atoms with E-state index in [1.165, 1.54) is 0 Å². The summed E-state index contributed by atoms with van der Waals surface area (Å²) in [6.07, 6.45) is 0. The number of hydrogen-bond donors (Lipinski definition) is 12. The Labute approximate surface area is 231 Å². The van der Waals surface area contributed by atoms with Gasteiger partial charge in [0.2, 0.25) is 23.1 Å². The summed E-state index contributed by atoms with van der Waals surface area (Å²) < 4.78 is 0. The molecule has 4 aromatic carbocycles. The molecule has 16 nitrogen and oxygen atoms in total. The Morgan fingerprint density at radius 3 is 1.38 bits per heavy atom. The van der Waals surface area contributed by atoms with Crippen molar-refractivity contribution in [2.75, 3.05) is 0 Å². The average molecular weight is 586 g/mol. The van der Waals surface area contributed by atoms with Gasteiger partial charge in [-0.3, -0.25) is 19.4 Å². The monoisotopic (exact) mass is 586 g/mol. The van der Waals surface area contributed by atoms with Gasteiger partial charge in [0.05, 0.1) is 11.1 Å². The summed E-state index contributed by atoms with van der Waals surface area (Å²) in [5, 5.41) is 119. The molecule has 0 saturated carbocycles. The van der Waals surface area contributed by atoms with Crippen molar-refractivity contribution in [1.29, 1.82) is 0 Å². The summed E-state index contributed by atoms with van der Waals surface area (Å²) in [4.78, 5) is 36.1. The standard InChI is InChI=1S/C26H18O16/c27-10-3-8(21(35)18-12(29)4-15(32)23(37)25(18)39)17(6-11(10)28)42-41-7-1-9(20(34)14(31)2-7)22(36)19-13(30)5-16(33)24(38)26(19)40/h1-6,27-34,37-40H. The van der Waals surface area contributed by atoms with Gasteiger partial charge in [-0.15, -0.1) is 0 Å². The predicted octanol–water partition coefficient (Wildman–Crippen LogP) is 1.99. The third kappa shape index (κ3) is 4.70. The van der Waals surface area contributed by atoms with Crippen molar-refractivity contribution in [2.24, 2.45) is 0 Å². The van der Waals surface area contributed by atoms with Crippen LogP contribution in [0.5, 0.6) is 80.5 Å². The van der Waals surface area contributed by atoms with E-state index in [1.54, 1.807) is 0 Å². The molecule has 0 atom stereocenters. The van der Waals surface area contributed by atoms with Crippen molar-refractivity contribution >= 4 is 11.6 Å². The highest BCUT2D eigenvalue weighted by atomic mass is 17.2. The second-order valence-electron chi connectivity index (χ2n) is 8.47. The molecule has 0 unspecified atom stereocenters. The maximum Gasteiger partial charge on any atom is 0.204 e. The molecule has 12 N–H and O–H groups in total. The molecule has 0 aromatic heterocycles. The van der Waals surface area contributed by atoms with Crippen molar-refractivity contribution in [3.05, 3.63) is 58.7 Å². The minimum Gasteiger partial charge on any atom is -0.507 e.